The maximum atomic E-state index is 12.4. The van der Waals surface area contributed by atoms with Gasteiger partial charge in [-0.25, -0.2) is 0 Å². The maximum absolute atomic E-state index is 12.4. The number of rotatable bonds is 4. The maximum Gasteiger partial charge on any atom is 0.224 e. The minimum absolute atomic E-state index is 0.208. The van der Waals surface area contributed by atoms with Gasteiger partial charge in [0.05, 0.1) is 6.04 Å². The monoisotopic (exact) mass is 294 g/mol. The summed E-state index contributed by atoms with van der Waals surface area (Å²) in [7, 11) is 1.88. The van der Waals surface area contributed by atoms with E-state index in [0.29, 0.717) is 6.42 Å². The summed E-state index contributed by atoms with van der Waals surface area (Å²) in [6, 6.07) is 8.14. The van der Waals surface area contributed by atoms with Gasteiger partial charge in [-0.3, -0.25) is 4.79 Å². The Bertz CT molecular complexity index is 433. The van der Waals surface area contributed by atoms with Crippen molar-refractivity contribution in [2.24, 2.45) is 0 Å². The molecule has 1 aliphatic heterocycles. The molecule has 1 atom stereocenters. The molecule has 1 N–H and O–H groups in total. The molecule has 110 valence electrons. The third-order valence-corrected chi connectivity index (χ3v) is 4.17. The SMILES string of the molecule is CNCCC(=O)N1CCCCCC1c1ccc(Cl)cc1. The Morgan fingerprint density at radius 2 is 2.05 bits per heavy atom. The normalized spacial score (nSPS) is 19.7. The number of likely N-dealkylation sites (tertiary alicyclic amines) is 1. The highest BCUT2D eigenvalue weighted by Gasteiger charge is 2.26. The highest BCUT2D eigenvalue weighted by Crippen LogP contribution is 2.31. The molecule has 2 rings (SSSR count). The van der Waals surface area contributed by atoms with Gasteiger partial charge in [0.2, 0.25) is 5.91 Å². The molecular weight excluding hydrogens is 272 g/mol. The van der Waals surface area contributed by atoms with E-state index >= 15 is 0 Å². The van der Waals surface area contributed by atoms with Crippen molar-refractivity contribution in [2.75, 3.05) is 20.1 Å². The Balaban J connectivity index is 2.16. The zero-order valence-electron chi connectivity index (χ0n) is 12.1. The summed E-state index contributed by atoms with van der Waals surface area (Å²) < 4.78 is 0. The summed E-state index contributed by atoms with van der Waals surface area (Å²) >= 11 is 5.96. The van der Waals surface area contributed by atoms with Crippen LogP contribution in [0.2, 0.25) is 5.02 Å². The second kappa shape index (κ2) is 7.65. The number of halogens is 1. The molecule has 0 bridgehead atoms. The van der Waals surface area contributed by atoms with Crippen molar-refractivity contribution in [3.05, 3.63) is 34.9 Å². The molecule has 1 unspecified atom stereocenters. The van der Waals surface area contributed by atoms with Crippen LogP contribution < -0.4 is 5.32 Å². The smallest absolute Gasteiger partial charge is 0.224 e. The van der Waals surface area contributed by atoms with Crippen molar-refractivity contribution in [1.29, 1.82) is 0 Å². The van der Waals surface area contributed by atoms with Gasteiger partial charge in [-0.1, -0.05) is 36.6 Å². The fraction of sp³-hybridized carbons (Fsp3) is 0.562. The first-order valence-electron chi connectivity index (χ1n) is 7.42. The summed E-state index contributed by atoms with van der Waals surface area (Å²) in [4.78, 5) is 14.5. The number of hydrogen-bond acceptors (Lipinski definition) is 2. The van der Waals surface area contributed by atoms with Crippen LogP contribution >= 0.6 is 11.6 Å². The van der Waals surface area contributed by atoms with Crippen LogP contribution in [0, 0.1) is 0 Å². The fourth-order valence-electron chi connectivity index (χ4n) is 2.81. The summed E-state index contributed by atoms with van der Waals surface area (Å²) in [5.41, 5.74) is 1.20. The number of amides is 1. The third-order valence-electron chi connectivity index (χ3n) is 3.92. The van der Waals surface area contributed by atoms with E-state index in [1.807, 2.05) is 19.2 Å². The molecule has 0 aromatic heterocycles. The van der Waals surface area contributed by atoms with Crippen LogP contribution in [0.3, 0.4) is 0 Å². The predicted octanol–water partition coefficient (Wildman–Crippen LogP) is 3.39. The predicted molar refractivity (Wildman–Crippen MR) is 82.9 cm³/mol. The van der Waals surface area contributed by atoms with E-state index in [2.05, 4.69) is 22.3 Å². The van der Waals surface area contributed by atoms with Gasteiger partial charge in [0.25, 0.3) is 0 Å². The number of carbonyl (C=O) groups excluding carboxylic acids is 1. The van der Waals surface area contributed by atoms with Crippen molar-refractivity contribution < 1.29 is 4.79 Å². The van der Waals surface area contributed by atoms with Gasteiger partial charge in [0.1, 0.15) is 0 Å². The van der Waals surface area contributed by atoms with Crippen molar-refractivity contribution in [3.63, 3.8) is 0 Å². The zero-order chi connectivity index (χ0) is 14.4. The first kappa shape index (κ1) is 15.3. The van der Waals surface area contributed by atoms with Crippen LogP contribution in [0.1, 0.15) is 43.7 Å². The van der Waals surface area contributed by atoms with Gasteiger partial charge in [-0.05, 0) is 37.6 Å². The van der Waals surface area contributed by atoms with E-state index in [9.17, 15) is 4.79 Å². The molecule has 4 heteroatoms. The highest BCUT2D eigenvalue weighted by atomic mass is 35.5. The Labute approximate surface area is 126 Å². The van der Waals surface area contributed by atoms with Crippen LogP contribution in [-0.2, 0) is 4.79 Å². The molecule has 1 fully saturated rings. The standard InChI is InChI=1S/C16H23ClN2O/c1-18-11-10-16(20)19-12-4-2-3-5-15(19)13-6-8-14(17)9-7-13/h6-9,15,18H,2-5,10-12H2,1H3. The van der Waals surface area contributed by atoms with Gasteiger partial charge in [-0.2, -0.15) is 0 Å². The number of benzene rings is 1. The first-order chi connectivity index (χ1) is 9.72. The molecular formula is C16H23ClN2O. The Kier molecular flexibility index (Phi) is 5.86. The number of nitrogens with one attached hydrogen (secondary N) is 1. The summed E-state index contributed by atoms with van der Waals surface area (Å²) in [6.45, 7) is 1.61. The average Bonchev–Trinajstić information content (AvgIpc) is 2.71. The van der Waals surface area contributed by atoms with Crippen molar-refractivity contribution in [1.82, 2.24) is 10.2 Å². The lowest BCUT2D eigenvalue weighted by Gasteiger charge is -2.30. The minimum Gasteiger partial charge on any atom is -0.336 e. The molecule has 1 aromatic rings. The van der Waals surface area contributed by atoms with Gasteiger partial charge in [0.15, 0.2) is 0 Å². The topological polar surface area (TPSA) is 32.3 Å². The molecule has 20 heavy (non-hydrogen) atoms. The highest BCUT2D eigenvalue weighted by molar-refractivity contribution is 6.30. The Morgan fingerprint density at radius 3 is 2.75 bits per heavy atom. The van der Waals surface area contributed by atoms with E-state index in [-0.39, 0.29) is 11.9 Å². The number of nitrogens with zero attached hydrogens (tertiary/aromatic N) is 1. The lowest BCUT2D eigenvalue weighted by molar-refractivity contribution is -0.133. The molecule has 1 amide bonds. The minimum atomic E-state index is 0.208. The summed E-state index contributed by atoms with van der Waals surface area (Å²) in [6.07, 6.45) is 5.12. The molecule has 1 heterocycles. The van der Waals surface area contributed by atoms with Crippen molar-refractivity contribution in [2.45, 2.75) is 38.1 Å². The molecule has 1 saturated heterocycles. The molecule has 0 spiro atoms. The van der Waals surface area contributed by atoms with Crippen molar-refractivity contribution >= 4 is 17.5 Å². The molecule has 0 aliphatic carbocycles. The second-order valence-electron chi connectivity index (χ2n) is 5.36. The van der Waals surface area contributed by atoms with Crippen LogP contribution in [0.4, 0.5) is 0 Å². The van der Waals surface area contributed by atoms with E-state index in [1.54, 1.807) is 0 Å². The largest absolute Gasteiger partial charge is 0.336 e. The molecule has 0 saturated carbocycles. The van der Waals surface area contributed by atoms with Gasteiger partial charge < -0.3 is 10.2 Å². The quantitative estimate of drug-likeness (QED) is 0.923. The van der Waals surface area contributed by atoms with Crippen LogP contribution in [0.5, 0.6) is 0 Å². The second-order valence-corrected chi connectivity index (χ2v) is 5.79. The average molecular weight is 295 g/mol. The van der Waals surface area contributed by atoms with Gasteiger partial charge in [-0.15, -0.1) is 0 Å². The van der Waals surface area contributed by atoms with E-state index in [1.165, 1.54) is 18.4 Å². The van der Waals surface area contributed by atoms with Gasteiger partial charge in [0, 0.05) is 24.5 Å². The first-order valence-corrected chi connectivity index (χ1v) is 7.79. The van der Waals surface area contributed by atoms with E-state index in [0.717, 1.165) is 31.0 Å². The summed E-state index contributed by atoms with van der Waals surface area (Å²) in [5.74, 6) is 0.251. The third kappa shape index (κ3) is 3.97. The summed E-state index contributed by atoms with van der Waals surface area (Å²) in [5, 5.41) is 3.80. The van der Waals surface area contributed by atoms with E-state index < -0.39 is 0 Å². The molecule has 3 nitrogen and oxygen atoms in total. The van der Waals surface area contributed by atoms with Gasteiger partial charge >= 0.3 is 0 Å². The van der Waals surface area contributed by atoms with E-state index in [4.69, 9.17) is 11.6 Å². The van der Waals surface area contributed by atoms with Crippen LogP contribution in [0.25, 0.3) is 0 Å². The number of hydrogen-bond donors (Lipinski definition) is 1. The zero-order valence-corrected chi connectivity index (χ0v) is 12.8. The molecule has 1 aromatic carbocycles. The molecule has 1 aliphatic rings. The lowest BCUT2D eigenvalue weighted by atomic mass is 10.0. The van der Waals surface area contributed by atoms with Crippen LogP contribution in [0.15, 0.2) is 24.3 Å². The van der Waals surface area contributed by atoms with Crippen molar-refractivity contribution in [3.8, 4) is 0 Å². The lowest BCUT2D eigenvalue weighted by Crippen LogP contribution is -2.36. The number of carbonyl (C=O) groups is 1. The Morgan fingerprint density at radius 1 is 1.30 bits per heavy atom. The van der Waals surface area contributed by atoms with Crippen LogP contribution in [-0.4, -0.2) is 30.9 Å². The Hall–Kier alpha value is -1.06. The fourth-order valence-corrected chi connectivity index (χ4v) is 2.94. The molecule has 0 radical (unpaired) electrons.